The third-order valence-electron chi connectivity index (χ3n) is 4.40. The smallest absolute Gasteiger partial charge is 0.254 e. The largest absolute Gasteiger partial charge is 0.339 e. The number of hydrogen-bond acceptors (Lipinski definition) is 6. The summed E-state index contributed by atoms with van der Waals surface area (Å²) in [4.78, 5) is 18.5. The molecule has 1 aliphatic rings. The summed E-state index contributed by atoms with van der Waals surface area (Å²) in [5.41, 5.74) is 0.877. The number of rotatable bonds is 3. The van der Waals surface area contributed by atoms with E-state index in [-0.39, 0.29) is 11.9 Å². The SMILES string of the molecule is Cc1nc(-c2cn(C3CCCN(C(=O)c4cccc(F)c4)C3)nn2)no1. The number of aromatic nitrogens is 5. The van der Waals surface area contributed by atoms with Crippen LogP contribution in [0, 0.1) is 12.7 Å². The Balaban J connectivity index is 1.50. The van der Waals surface area contributed by atoms with Gasteiger partial charge in [-0.2, -0.15) is 4.98 Å². The van der Waals surface area contributed by atoms with Crippen LogP contribution in [0.25, 0.3) is 11.5 Å². The monoisotopic (exact) mass is 356 g/mol. The Kier molecular flexibility index (Phi) is 4.19. The molecule has 4 rings (SSSR count). The number of likely N-dealkylation sites (tertiary alicyclic amines) is 1. The zero-order valence-corrected chi connectivity index (χ0v) is 14.2. The van der Waals surface area contributed by atoms with Gasteiger partial charge in [0.1, 0.15) is 5.82 Å². The van der Waals surface area contributed by atoms with Crippen molar-refractivity contribution < 1.29 is 13.7 Å². The Hall–Kier alpha value is -3.10. The molecule has 1 atom stereocenters. The molecule has 1 fully saturated rings. The molecule has 1 amide bonds. The van der Waals surface area contributed by atoms with E-state index in [1.165, 1.54) is 12.1 Å². The van der Waals surface area contributed by atoms with Gasteiger partial charge in [0, 0.05) is 25.6 Å². The van der Waals surface area contributed by atoms with Crippen LogP contribution in [0.3, 0.4) is 0 Å². The average Bonchev–Trinajstić information content (AvgIpc) is 3.30. The first-order valence-corrected chi connectivity index (χ1v) is 8.37. The van der Waals surface area contributed by atoms with E-state index < -0.39 is 5.82 Å². The predicted molar refractivity (Wildman–Crippen MR) is 88.6 cm³/mol. The molecule has 0 aliphatic carbocycles. The molecule has 1 aliphatic heterocycles. The number of piperidine rings is 1. The van der Waals surface area contributed by atoms with E-state index in [4.69, 9.17) is 4.52 Å². The molecule has 0 spiro atoms. The first-order chi connectivity index (χ1) is 12.6. The third kappa shape index (κ3) is 3.19. The molecular weight excluding hydrogens is 339 g/mol. The summed E-state index contributed by atoms with van der Waals surface area (Å²) in [6.07, 6.45) is 3.47. The molecule has 9 heteroatoms. The molecule has 0 bridgehead atoms. The molecule has 2 aromatic heterocycles. The van der Waals surface area contributed by atoms with Crippen LogP contribution in [0.5, 0.6) is 0 Å². The molecule has 0 radical (unpaired) electrons. The second kappa shape index (κ2) is 6.66. The third-order valence-corrected chi connectivity index (χ3v) is 4.40. The van der Waals surface area contributed by atoms with Crippen molar-refractivity contribution in [2.45, 2.75) is 25.8 Å². The predicted octanol–water partition coefficient (Wildman–Crippen LogP) is 2.25. The normalized spacial score (nSPS) is 17.5. The average molecular weight is 356 g/mol. The molecule has 3 aromatic rings. The Labute approximate surface area is 148 Å². The van der Waals surface area contributed by atoms with E-state index in [2.05, 4.69) is 20.5 Å². The number of carbonyl (C=O) groups excluding carboxylic acids is 1. The lowest BCUT2D eigenvalue weighted by Crippen LogP contribution is -2.40. The van der Waals surface area contributed by atoms with Crippen molar-refractivity contribution in [1.82, 2.24) is 30.0 Å². The van der Waals surface area contributed by atoms with E-state index in [0.717, 1.165) is 12.8 Å². The van der Waals surface area contributed by atoms with Crippen molar-refractivity contribution in [1.29, 1.82) is 0 Å². The number of nitrogens with zero attached hydrogens (tertiary/aromatic N) is 6. The minimum Gasteiger partial charge on any atom is -0.339 e. The van der Waals surface area contributed by atoms with E-state index in [9.17, 15) is 9.18 Å². The molecule has 0 N–H and O–H groups in total. The van der Waals surface area contributed by atoms with Gasteiger partial charge in [0.25, 0.3) is 5.91 Å². The number of amides is 1. The number of halogens is 1. The topological polar surface area (TPSA) is 89.9 Å². The minimum atomic E-state index is -0.416. The van der Waals surface area contributed by atoms with E-state index in [1.807, 2.05) is 0 Å². The van der Waals surface area contributed by atoms with Gasteiger partial charge in [0.15, 0.2) is 5.69 Å². The standard InChI is InChI=1S/C17H17FN6O2/c1-11-19-16(21-26-11)15-10-24(22-20-15)14-6-3-7-23(9-14)17(25)12-4-2-5-13(18)8-12/h2,4-5,8,10,14H,3,6-7,9H2,1H3. The van der Waals surface area contributed by atoms with Crippen molar-refractivity contribution in [2.75, 3.05) is 13.1 Å². The van der Waals surface area contributed by atoms with E-state index in [0.29, 0.717) is 36.1 Å². The molecule has 26 heavy (non-hydrogen) atoms. The lowest BCUT2D eigenvalue weighted by Gasteiger charge is -2.32. The van der Waals surface area contributed by atoms with Crippen molar-refractivity contribution in [3.8, 4) is 11.5 Å². The molecule has 8 nitrogen and oxygen atoms in total. The second-order valence-electron chi connectivity index (χ2n) is 6.28. The Morgan fingerprint density at radius 3 is 3.04 bits per heavy atom. The van der Waals surface area contributed by atoms with Crippen LogP contribution in [-0.2, 0) is 0 Å². The van der Waals surface area contributed by atoms with Gasteiger partial charge >= 0.3 is 0 Å². The van der Waals surface area contributed by atoms with Crippen LogP contribution in [0.4, 0.5) is 4.39 Å². The fourth-order valence-corrected chi connectivity index (χ4v) is 3.12. The fourth-order valence-electron chi connectivity index (χ4n) is 3.12. The van der Waals surface area contributed by atoms with Crippen molar-refractivity contribution in [2.24, 2.45) is 0 Å². The molecular formula is C17H17FN6O2. The number of benzene rings is 1. The highest BCUT2D eigenvalue weighted by Crippen LogP contribution is 2.24. The van der Waals surface area contributed by atoms with Crippen LogP contribution >= 0.6 is 0 Å². The summed E-state index contributed by atoms with van der Waals surface area (Å²) >= 11 is 0. The Morgan fingerprint density at radius 1 is 1.38 bits per heavy atom. The maximum atomic E-state index is 13.4. The second-order valence-corrected chi connectivity index (χ2v) is 6.28. The molecule has 1 saturated heterocycles. The van der Waals surface area contributed by atoms with Gasteiger partial charge in [-0.1, -0.05) is 16.4 Å². The summed E-state index contributed by atoms with van der Waals surface area (Å²) in [5.74, 6) is 0.250. The van der Waals surface area contributed by atoms with E-state index in [1.54, 1.807) is 34.8 Å². The highest BCUT2D eigenvalue weighted by atomic mass is 19.1. The molecule has 0 saturated carbocycles. The number of hydrogen-bond donors (Lipinski definition) is 0. The zero-order valence-electron chi connectivity index (χ0n) is 14.2. The van der Waals surface area contributed by atoms with Crippen LogP contribution in [0.1, 0.15) is 35.1 Å². The van der Waals surface area contributed by atoms with Crippen molar-refractivity contribution in [3.63, 3.8) is 0 Å². The van der Waals surface area contributed by atoms with Gasteiger partial charge in [0.05, 0.1) is 12.2 Å². The Bertz CT molecular complexity index is 937. The minimum absolute atomic E-state index is 0.00416. The lowest BCUT2D eigenvalue weighted by atomic mass is 10.0. The van der Waals surface area contributed by atoms with Gasteiger partial charge in [-0.15, -0.1) is 5.10 Å². The molecule has 134 valence electrons. The highest BCUT2D eigenvalue weighted by molar-refractivity contribution is 5.94. The maximum absolute atomic E-state index is 13.4. The number of aryl methyl sites for hydroxylation is 1. The Morgan fingerprint density at radius 2 is 2.27 bits per heavy atom. The summed E-state index contributed by atoms with van der Waals surface area (Å²) in [5, 5.41) is 12.1. The van der Waals surface area contributed by atoms with Crippen LogP contribution in [0.2, 0.25) is 0 Å². The van der Waals surface area contributed by atoms with Gasteiger partial charge in [0.2, 0.25) is 11.7 Å². The summed E-state index contributed by atoms with van der Waals surface area (Å²) < 4.78 is 20.1. The maximum Gasteiger partial charge on any atom is 0.254 e. The number of carbonyl (C=O) groups is 1. The summed E-state index contributed by atoms with van der Waals surface area (Å²) in [6.45, 7) is 2.83. The quantitative estimate of drug-likeness (QED) is 0.715. The van der Waals surface area contributed by atoms with Crippen LogP contribution in [0.15, 0.2) is 35.0 Å². The lowest BCUT2D eigenvalue weighted by molar-refractivity contribution is 0.0671. The fraction of sp³-hybridized carbons (Fsp3) is 0.353. The van der Waals surface area contributed by atoms with E-state index >= 15 is 0 Å². The molecule has 1 unspecified atom stereocenters. The van der Waals surface area contributed by atoms with Crippen LogP contribution < -0.4 is 0 Å². The molecule has 1 aromatic carbocycles. The summed E-state index contributed by atoms with van der Waals surface area (Å²) in [7, 11) is 0. The van der Waals surface area contributed by atoms with Gasteiger partial charge in [-0.3, -0.25) is 4.79 Å². The summed E-state index contributed by atoms with van der Waals surface area (Å²) in [6, 6.07) is 5.75. The zero-order chi connectivity index (χ0) is 18.1. The van der Waals surface area contributed by atoms with Crippen molar-refractivity contribution >= 4 is 5.91 Å². The van der Waals surface area contributed by atoms with Crippen LogP contribution in [-0.4, -0.2) is 49.0 Å². The van der Waals surface area contributed by atoms with Gasteiger partial charge in [-0.25, -0.2) is 9.07 Å². The first kappa shape index (κ1) is 16.4. The van der Waals surface area contributed by atoms with Gasteiger partial charge in [-0.05, 0) is 31.0 Å². The molecule has 3 heterocycles. The first-order valence-electron chi connectivity index (χ1n) is 8.37. The highest BCUT2D eigenvalue weighted by Gasteiger charge is 2.27. The van der Waals surface area contributed by atoms with Gasteiger partial charge < -0.3 is 9.42 Å². The van der Waals surface area contributed by atoms with Crippen molar-refractivity contribution in [3.05, 3.63) is 47.7 Å².